The third-order valence-electron chi connectivity index (χ3n) is 4.93. The van der Waals surface area contributed by atoms with Crippen molar-refractivity contribution in [3.63, 3.8) is 0 Å². The smallest absolute Gasteiger partial charge is 0.193 e. The zero-order valence-electron chi connectivity index (χ0n) is 17.7. The average molecular weight is 448 g/mol. The number of rotatable bonds is 14. The van der Waals surface area contributed by atoms with Crippen molar-refractivity contribution in [2.75, 3.05) is 26.7 Å². The van der Waals surface area contributed by atoms with E-state index in [4.69, 9.17) is 27.9 Å². The van der Waals surface area contributed by atoms with Crippen LogP contribution in [0.2, 0.25) is 10.0 Å². The van der Waals surface area contributed by atoms with Crippen LogP contribution < -0.4 is 4.74 Å². The molecule has 2 rings (SSSR count). The van der Waals surface area contributed by atoms with Gasteiger partial charge in [0.15, 0.2) is 5.78 Å². The van der Waals surface area contributed by atoms with Gasteiger partial charge in [-0.05, 0) is 68.9 Å². The van der Waals surface area contributed by atoms with Crippen molar-refractivity contribution >= 4 is 29.0 Å². The van der Waals surface area contributed by atoms with E-state index in [-0.39, 0.29) is 5.78 Å². The standard InChI is InChI=1S/C25H31Cl2NO2/c1-3-16-28(2)17-8-6-4-5-7-9-18-30-24-15-12-21(19-23(24)27)25(29)20-10-13-22(26)14-11-20/h3,10-15,19H,1,4-9,16-18H2,2H3. The Morgan fingerprint density at radius 2 is 1.60 bits per heavy atom. The molecule has 0 aromatic heterocycles. The molecular formula is C25H31Cl2NO2. The van der Waals surface area contributed by atoms with Gasteiger partial charge in [0, 0.05) is 22.7 Å². The summed E-state index contributed by atoms with van der Waals surface area (Å²) >= 11 is 12.2. The van der Waals surface area contributed by atoms with Crippen LogP contribution in [-0.2, 0) is 0 Å². The first-order valence-corrected chi connectivity index (χ1v) is 11.3. The van der Waals surface area contributed by atoms with E-state index >= 15 is 0 Å². The van der Waals surface area contributed by atoms with Gasteiger partial charge in [-0.1, -0.05) is 55.0 Å². The maximum Gasteiger partial charge on any atom is 0.193 e. The second-order valence-corrected chi connectivity index (χ2v) is 8.35. The van der Waals surface area contributed by atoms with Crippen molar-refractivity contribution in [3.8, 4) is 5.75 Å². The fourth-order valence-corrected chi connectivity index (χ4v) is 3.57. The van der Waals surface area contributed by atoms with Crippen LogP contribution in [-0.4, -0.2) is 37.4 Å². The van der Waals surface area contributed by atoms with Gasteiger partial charge in [-0.15, -0.1) is 6.58 Å². The van der Waals surface area contributed by atoms with E-state index in [0.717, 1.165) is 25.9 Å². The molecule has 0 bridgehead atoms. The van der Waals surface area contributed by atoms with Gasteiger partial charge in [-0.2, -0.15) is 0 Å². The fraction of sp³-hybridized carbons (Fsp3) is 0.400. The Morgan fingerprint density at radius 1 is 0.967 bits per heavy atom. The highest BCUT2D eigenvalue weighted by Gasteiger charge is 2.12. The summed E-state index contributed by atoms with van der Waals surface area (Å²) in [6, 6.07) is 12.0. The van der Waals surface area contributed by atoms with Crippen LogP contribution in [0.3, 0.4) is 0 Å². The number of carbonyl (C=O) groups excluding carboxylic acids is 1. The summed E-state index contributed by atoms with van der Waals surface area (Å²) < 4.78 is 5.80. The summed E-state index contributed by atoms with van der Waals surface area (Å²) in [6.07, 6.45) is 9.05. The first-order valence-electron chi connectivity index (χ1n) is 10.5. The number of unbranched alkanes of at least 4 members (excludes halogenated alkanes) is 5. The fourth-order valence-electron chi connectivity index (χ4n) is 3.21. The van der Waals surface area contributed by atoms with Crippen molar-refractivity contribution in [2.24, 2.45) is 0 Å². The highest BCUT2D eigenvalue weighted by Crippen LogP contribution is 2.27. The van der Waals surface area contributed by atoms with E-state index in [9.17, 15) is 4.79 Å². The van der Waals surface area contributed by atoms with E-state index in [1.807, 2.05) is 6.08 Å². The topological polar surface area (TPSA) is 29.5 Å². The minimum atomic E-state index is -0.0872. The summed E-state index contributed by atoms with van der Waals surface area (Å²) in [4.78, 5) is 14.8. The lowest BCUT2D eigenvalue weighted by molar-refractivity contribution is 0.103. The van der Waals surface area contributed by atoms with Crippen molar-refractivity contribution in [1.82, 2.24) is 4.90 Å². The third-order valence-corrected chi connectivity index (χ3v) is 5.48. The average Bonchev–Trinajstić information content (AvgIpc) is 2.73. The molecule has 0 amide bonds. The number of ether oxygens (including phenoxy) is 1. The van der Waals surface area contributed by atoms with E-state index in [1.54, 1.807) is 42.5 Å². The summed E-state index contributed by atoms with van der Waals surface area (Å²) in [5, 5.41) is 1.06. The Labute approximate surface area is 190 Å². The molecule has 30 heavy (non-hydrogen) atoms. The predicted molar refractivity (Wildman–Crippen MR) is 127 cm³/mol. The molecule has 0 N–H and O–H groups in total. The highest BCUT2D eigenvalue weighted by atomic mass is 35.5. The maximum atomic E-state index is 12.5. The molecule has 162 valence electrons. The summed E-state index contributed by atoms with van der Waals surface area (Å²) in [5.41, 5.74) is 1.12. The van der Waals surface area contributed by atoms with Crippen molar-refractivity contribution in [1.29, 1.82) is 0 Å². The molecular weight excluding hydrogens is 417 g/mol. The summed E-state index contributed by atoms with van der Waals surface area (Å²) in [7, 11) is 2.13. The normalized spacial score (nSPS) is 10.9. The lowest BCUT2D eigenvalue weighted by Gasteiger charge is -2.13. The van der Waals surface area contributed by atoms with E-state index in [1.165, 1.54) is 25.7 Å². The number of ketones is 1. The number of hydrogen-bond acceptors (Lipinski definition) is 3. The predicted octanol–water partition coefficient (Wildman–Crippen LogP) is 7.06. The Hall–Kier alpha value is -1.81. The Bertz CT molecular complexity index is 805. The van der Waals surface area contributed by atoms with Gasteiger partial charge in [0.25, 0.3) is 0 Å². The Balaban J connectivity index is 1.66. The number of carbonyl (C=O) groups is 1. The van der Waals surface area contributed by atoms with Crippen molar-refractivity contribution < 1.29 is 9.53 Å². The van der Waals surface area contributed by atoms with Crippen LogP contribution in [0.15, 0.2) is 55.1 Å². The van der Waals surface area contributed by atoms with Gasteiger partial charge in [0.2, 0.25) is 0 Å². The van der Waals surface area contributed by atoms with Crippen LogP contribution in [0, 0.1) is 0 Å². The molecule has 0 spiro atoms. The zero-order valence-corrected chi connectivity index (χ0v) is 19.2. The molecule has 2 aromatic carbocycles. The first-order chi connectivity index (χ1) is 14.5. The molecule has 0 heterocycles. The van der Waals surface area contributed by atoms with Gasteiger partial charge in [-0.3, -0.25) is 4.79 Å². The molecule has 0 aliphatic heterocycles. The van der Waals surface area contributed by atoms with Gasteiger partial charge in [0.05, 0.1) is 11.6 Å². The molecule has 0 saturated carbocycles. The minimum Gasteiger partial charge on any atom is -0.492 e. The molecule has 3 nitrogen and oxygen atoms in total. The zero-order chi connectivity index (χ0) is 21.8. The Morgan fingerprint density at radius 3 is 2.27 bits per heavy atom. The van der Waals surface area contributed by atoms with E-state index in [0.29, 0.717) is 33.5 Å². The van der Waals surface area contributed by atoms with Crippen LogP contribution in [0.25, 0.3) is 0 Å². The molecule has 5 heteroatoms. The summed E-state index contributed by atoms with van der Waals surface area (Å²) in [5.74, 6) is 0.533. The number of halogens is 2. The lowest BCUT2D eigenvalue weighted by Crippen LogP contribution is -2.19. The quantitative estimate of drug-likeness (QED) is 0.176. The number of benzene rings is 2. The molecule has 0 aliphatic carbocycles. The van der Waals surface area contributed by atoms with Gasteiger partial charge < -0.3 is 9.64 Å². The van der Waals surface area contributed by atoms with E-state index < -0.39 is 0 Å². The van der Waals surface area contributed by atoms with Gasteiger partial charge >= 0.3 is 0 Å². The van der Waals surface area contributed by atoms with Gasteiger partial charge in [0.1, 0.15) is 5.75 Å². The molecule has 0 atom stereocenters. The van der Waals surface area contributed by atoms with Crippen molar-refractivity contribution in [3.05, 3.63) is 76.3 Å². The van der Waals surface area contributed by atoms with Gasteiger partial charge in [-0.25, -0.2) is 0 Å². The summed E-state index contributed by atoms with van der Waals surface area (Å²) in [6.45, 7) is 6.48. The SMILES string of the molecule is C=CCN(C)CCCCCCCCOc1ccc(C(=O)c2ccc(Cl)cc2)cc1Cl. The van der Waals surface area contributed by atoms with E-state index in [2.05, 4.69) is 18.5 Å². The Kier molecular flexibility index (Phi) is 11.0. The molecule has 0 radical (unpaired) electrons. The number of hydrogen-bond donors (Lipinski definition) is 0. The molecule has 0 unspecified atom stereocenters. The molecule has 0 aliphatic rings. The van der Waals surface area contributed by atoms with Crippen LogP contribution in [0.5, 0.6) is 5.75 Å². The molecule has 2 aromatic rings. The first kappa shape index (κ1) is 24.5. The highest BCUT2D eigenvalue weighted by molar-refractivity contribution is 6.32. The molecule has 0 saturated heterocycles. The largest absolute Gasteiger partial charge is 0.492 e. The third kappa shape index (κ3) is 8.51. The van der Waals surface area contributed by atoms with Crippen LogP contribution >= 0.6 is 23.2 Å². The lowest BCUT2D eigenvalue weighted by atomic mass is 10.0. The monoisotopic (exact) mass is 447 g/mol. The second kappa shape index (κ2) is 13.5. The van der Waals surface area contributed by atoms with Crippen molar-refractivity contribution in [2.45, 2.75) is 38.5 Å². The minimum absolute atomic E-state index is 0.0872. The van der Waals surface area contributed by atoms with Crippen LogP contribution in [0.1, 0.15) is 54.4 Å². The maximum absolute atomic E-state index is 12.5. The second-order valence-electron chi connectivity index (χ2n) is 7.50. The number of nitrogens with zero attached hydrogens (tertiary/aromatic N) is 1. The number of likely N-dealkylation sites (N-methyl/N-ethyl adjacent to an activating group) is 1. The van der Waals surface area contributed by atoms with Crippen LogP contribution in [0.4, 0.5) is 0 Å². The molecule has 0 fully saturated rings.